The predicted molar refractivity (Wildman–Crippen MR) is 85.8 cm³/mol. The lowest BCUT2D eigenvalue weighted by atomic mass is 9.94. The van der Waals surface area contributed by atoms with Crippen LogP contribution in [0.3, 0.4) is 0 Å². The summed E-state index contributed by atoms with van der Waals surface area (Å²) in [6.07, 6.45) is 4.13. The minimum atomic E-state index is -0.567. The molecule has 5 nitrogen and oxygen atoms in total. The molecule has 120 valence electrons. The van der Waals surface area contributed by atoms with Crippen molar-refractivity contribution in [3.8, 4) is 0 Å². The zero-order chi connectivity index (χ0) is 15.6. The number of rotatable bonds is 12. The first-order valence-electron chi connectivity index (χ1n) is 7.71. The van der Waals surface area contributed by atoms with Crippen LogP contribution in [-0.2, 0) is 4.79 Å². The number of nitrogens with one attached hydrogen (secondary N) is 1. The van der Waals surface area contributed by atoms with Crippen molar-refractivity contribution in [2.45, 2.75) is 45.1 Å². The molecule has 0 radical (unpaired) electrons. The van der Waals surface area contributed by atoms with E-state index in [1.807, 2.05) is 6.92 Å². The summed E-state index contributed by atoms with van der Waals surface area (Å²) in [6.45, 7) is 8.56. The van der Waals surface area contributed by atoms with Gasteiger partial charge in [0.05, 0.1) is 5.54 Å². The molecule has 0 rings (SSSR count). The molecular weight excluding hydrogens is 252 g/mol. The molecule has 0 aliphatic rings. The van der Waals surface area contributed by atoms with E-state index in [0.717, 1.165) is 45.4 Å². The lowest BCUT2D eigenvalue weighted by Crippen LogP contribution is -2.51. The second-order valence-corrected chi connectivity index (χ2v) is 5.99. The maximum absolute atomic E-state index is 11.4. The fourth-order valence-electron chi connectivity index (χ4n) is 2.22. The monoisotopic (exact) mass is 286 g/mol. The summed E-state index contributed by atoms with van der Waals surface area (Å²) in [5.41, 5.74) is 4.86. The average molecular weight is 286 g/mol. The van der Waals surface area contributed by atoms with Gasteiger partial charge in [-0.25, -0.2) is 0 Å². The summed E-state index contributed by atoms with van der Waals surface area (Å²) < 4.78 is 0. The minimum absolute atomic E-state index is 0.265. The highest BCUT2D eigenvalue weighted by Gasteiger charge is 2.27. The van der Waals surface area contributed by atoms with Crippen molar-refractivity contribution in [1.29, 1.82) is 0 Å². The Balaban J connectivity index is 3.87. The van der Waals surface area contributed by atoms with Gasteiger partial charge in [0.2, 0.25) is 5.91 Å². The van der Waals surface area contributed by atoms with Crippen LogP contribution < -0.4 is 11.1 Å². The molecule has 0 aromatic carbocycles. The second-order valence-electron chi connectivity index (χ2n) is 5.99. The molecule has 0 saturated carbocycles. The molecule has 0 bridgehead atoms. The van der Waals surface area contributed by atoms with Crippen molar-refractivity contribution in [1.82, 2.24) is 15.1 Å². The number of unbranched alkanes of at least 4 members (excludes halogenated alkanes) is 1. The van der Waals surface area contributed by atoms with E-state index in [9.17, 15) is 4.79 Å². The van der Waals surface area contributed by atoms with E-state index >= 15 is 0 Å². The first-order chi connectivity index (χ1) is 9.35. The first kappa shape index (κ1) is 19.4. The van der Waals surface area contributed by atoms with Gasteiger partial charge in [0, 0.05) is 0 Å². The van der Waals surface area contributed by atoms with Gasteiger partial charge in [0.25, 0.3) is 0 Å². The number of hydrogen-bond acceptors (Lipinski definition) is 4. The zero-order valence-corrected chi connectivity index (χ0v) is 14.0. The Kier molecular flexibility index (Phi) is 9.80. The van der Waals surface area contributed by atoms with Gasteiger partial charge in [-0.05, 0) is 79.9 Å². The van der Waals surface area contributed by atoms with Gasteiger partial charge in [-0.2, -0.15) is 0 Å². The van der Waals surface area contributed by atoms with Gasteiger partial charge >= 0.3 is 0 Å². The Morgan fingerprint density at radius 1 is 1.15 bits per heavy atom. The first-order valence-corrected chi connectivity index (χ1v) is 7.71. The summed E-state index contributed by atoms with van der Waals surface area (Å²) in [4.78, 5) is 16.1. The number of amides is 1. The van der Waals surface area contributed by atoms with Gasteiger partial charge < -0.3 is 20.9 Å². The van der Waals surface area contributed by atoms with Crippen LogP contribution in [0.15, 0.2) is 0 Å². The van der Waals surface area contributed by atoms with E-state index in [-0.39, 0.29) is 5.91 Å². The maximum atomic E-state index is 11.4. The molecule has 0 fully saturated rings. The number of nitrogens with two attached hydrogens (primary N) is 1. The third-order valence-electron chi connectivity index (χ3n) is 4.02. The normalized spacial score (nSPS) is 14.8. The number of primary amides is 1. The molecule has 0 heterocycles. The second kappa shape index (κ2) is 10.1. The van der Waals surface area contributed by atoms with Crippen molar-refractivity contribution >= 4 is 5.91 Å². The molecule has 0 aromatic rings. The van der Waals surface area contributed by atoms with E-state index in [1.54, 1.807) is 7.05 Å². The topological polar surface area (TPSA) is 61.6 Å². The summed E-state index contributed by atoms with van der Waals surface area (Å²) >= 11 is 0. The summed E-state index contributed by atoms with van der Waals surface area (Å²) in [6, 6.07) is 0. The highest BCUT2D eigenvalue weighted by atomic mass is 16.1. The van der Waals surface area contributed by atoms with E-state index < -0.39 is 5.54 Å². The van der Waals surface area contributed by atoms with E-state index in [4.69, 9.17) is 5.73 Å². The lowest BCUT2D eigenvalue weighted by Gasteiger charge is -2.26. The average Bonchev–Trinajstić information content (AvgIpc) is 2.40. The molecule has 1 atom stereocenters. The predicted octanol–water partition coefficient (Wildman–Crippen LogP) is 0.894. The van der Waals surface area contributed by atoms with Crippen molar-refractivity contribution in [2.75, 3.05) is 47.3 Å². The van der Waals surface area contributed by atoms with Crippen LogP contribution in [-0.4, -0.2) is 68.6 Å². The van der Waals surface area contributed by atoms with Crippen LogP contribution in [0.1, 0.15) is 39.5 Å². The SMILES string of the molecule is CCN(CCCCC(C)(NC)C(N)=O)CCCN(C)C. The quantitative estimate of drug-likeness (QED) is 0.523. The molecule has 0 aromatic heterocycles. The Labute approximate surface area is 124 Å². The fourth-order valence-corrected chi connectivity index (χ4v) is 2.22. The fraction of sp³-hybridized carbons (Fsp3) is 0.933. The lowest BCUT2D eigenvalue weighted by molar-refractivity contribution is -0.123. The van der Waals surface area contributed by atoms with E-state index in [1.165, 1.54) is 6.42 Å². The number of carbonyl (C=O) groups is 1. The van der Waals surface area contributed by atoms with Crippen molar-refractivity contribution < 1.29 is 4.79 Å². The Morgan fingerprint density at radius 2 is 1.75 bits per heavy atom. The van der Waals surface area contributed by atoms with Crippen molar-refractivity contribution in [3.63, 3.8) is 0 Å². The summed E-state index contributed by atoms with van der Waals surface area (Å²) in [5, 5.41) is 3.03. The molecule has 0 aliphatic carbocycles. The van der Waals surface area contributed by atoms with Gasteiger partial charge in [-0.1, -0.05) is 6.92 Å². The van der Waals surface area contributed by atoms with Crippen LogP contribution in [0.25, 0.3) is 0 Å². The molecular formula is C15H34N4O. The molecule has 3 N–H and O–H groups in total. The van der Waals surface area contributed by atoms with Gasteiger partial charge in [-0.15, -0.1) is 0 Å². The van der Waals surface area contributed by atoms with E-state index in [2.05, 4.69) is 36.1 Å². The van der Waals surface area contributed by atoms with Gasteiger partial charge in [0.1, 0.15) is 0 Å². The smallest absolute Gasteiger partial charge is 0.237 e. The Bertz CT molecular complexity index is 271. The Hall–Kier alpha value is -0.650. The van der Waals surface area contributed by atoms with Crippen molar-refractivity contribution in [3.05, 3.63) is 0 Å². The standard InChI is InChI=1S/C15H34N4O/c1-6-19(13-9-11-18(4)5)12-8-7-10-15(2,17-3)14(16)20/h17H,6-13H2,1-5H3,(H2,16,20). The molecule has 20 heavy (non-hydrogen) atoms. The molecule has 5 heteroatoms. The molecule has 0 aliphatic heterocycles. The number of hydrogen-bond donors (Lipinski definition) is 2. The summed E-state index contributed by atoms with van der Waals surface area (Å²) in [5.74, 6) is -0.265. The van der Waals surface area contributed by atoms with Crippen LogP contribution in [0.5, 0.6) is 0 Å². The van der Waals surface area contributed by atoms with Crippen LogP contribution >= 0.6 is 0 Å². The third kappa shape index (κ3) is 7.82. The zero-order valence-electron chi connectivity index (χ0n) is 14.0. The number of likely N-dealkylation sites (N-methyl/N-ethyl adjacent to an activating group) is 1. The molecule has 1 unspecified atom stereocenters. The minimum Gasteiger partial charge on any atom is -0.368 e. The maximum Gasteiger partial charge on any atom is 0.237 e. The third-order valence-corrected chi connectivity index (χ3v) is 4.02. The Morgan fingerprint density at radius 3 is 2.20 bits per heavy atom. The highest BCUT2D eigenvalue weighted by molar-refractivity contribution is 5.84. The van der Waals surface area contributed by atoms with Crippen LogP contribution in [0.4, 0.5) is 0 Å². The molecule has 0 saturated heterocycles. The molecule has 1 amide bonds. The summed E-state index contributed by atoms with van der Waals surface area (Å²) in [7, 11) is 6.02. The van der Waals surface area contributed by atoms with Gasteiger partial charge in [0.15, 0.2) is 0 Å². The van der Waals surface area contributed by atoms with Gasteiger partial charge in [-0.3, -0.25) is 4.79 Å². The van der Waals surface area contributed by atoms with E-state index in [0.29, 0.717) is 0 Å². The largest absolute Gasteiger partial charge is 0.368 e. The molecule has 0 spiro atoms. The highest BCUT2D eigenvalue weighted by Crippen LogP contribution is 2.13. The van der Waals surface area contributed by atoms with Crippen LogP contribution in [0, 0.1) is 0 Å². The van der Waals surface area contributed by atoms with Crippen LogP contribution in [0.2, 0.25) is 0 Å². The number of nitrogens with zero attached hydrogens (tertiary/aromatic N) is 2. The number of carbonyl (C=O) groups excluding carboxylic acids is 1. The van der Waals surface area contributed by atoms with Crippen molar-refractivity contribution in [2.24, 2.45) is 5.73 Å².